The van der Waals surface area contributed by atoms with Crippen molar-refractivity contribution in [3.63, 3.8) is 0 Å². The maximum Gasteiger partial charge on any atom is 0.239 e. The van der Waals surface area contributed by atoms with Gasteiger partial charge in [-0.1, -0.05) is 19.4 Å². The highest BCUT2D eigenvalue weighted by atomic mass is 16.2. The third kappa shape index (κ3) is 5.01. The van der Waals surface area contributed by atoms with E-state index in [9.17, 15) is 4.79 Å². The number of nitrogens with zero attached hydrogens (tertiary/aromatic N) is 2. The van der Waals surface area contributed by atoms with E-state index in [-0.39, 0.29) is 11.9 Å². The molecule has 0 aliphatic carbocycles. The van der Waals surface area contributed by atoms with E-state index in [1.807, 2.05) is 31.0 Å². The van der Waals surface area contributed by atoms with Crippen molar-refractivity contribution in [1.82, 2.24) is 5.32 Å². The Morgan fingerprint density at radius 1 is 1.53 bits per heavy atom. The van der Waals surface area contributed by atoms with Crippen LogP contribution in [0.1, 0.15) is 32.3 Å². The normalized spacial score (nSPS) is 11.5. The molecule has 0 saturated heterocycles. The smallest absolute Gasteiger partial charge is 0.239 e. The molecular weight excluding hydrogens is 238 g/mol. The predicted octanol–water partition coefficient (Wildman–Crippen LogP) is 2.30. The van der Waals surface area contributed by atoms with Crippen molar-refractivity contribution in [2.75, 3.05) is 18.5 Å². The molecule has 1 unspecified atom stereocenters. The summed E-state index contributed by atoms with van der Waals surface area (Å²) < 4.78 is 0. The molecule has 0 aromatic heterocycles. The highest BCUT2D eigenvalue weighted by molar-refractivity contribution is 5.81. The summed E-state index contributed by atoms with van der Waals surface area (Å²) in [6.45, 7) is 4.41. The topological polar surface area (TPSA) is 56.1 Å². The number of carbonyl (C=O) groups excluding carboxylic acids is 1. The lowest BCUT2D eigenvalue weighted by atomic mass is 10.2. The van der Waals surface area contributed by atoms with Crippen LogP contribution in [0.4, 0.5) is 5.69 Å². The second-order valence-electron chi connectivity index (χ2n) is 4.78. The summed E-state index contributed by atoms with van der Waals surface area (Å²) in [7, 11) is 1.85. The van der Waals surface area contributed by atoms with Crippen LogP contribution < -0.4 is 10.2 Å². The molecule has 1 aromatic rings. The second kappa shape index (κ2) is 7.42. The highest BCUT2D eigenvalue weighted by Gasteiger charge is 2.10. The molecule has 1 amide bonds. The van der Waals surface area contributed by atoms with Crippen LogP contribution in [0.3, 0.4) is 0 Å². The monoisotopic (exact) mass is 259 g/mol. The van der Waals surface area contributed by atoms with Gasteiger partial charge in [-0.2, -0.15) is 5.26 Å². The lowest BCUT2D eigenvalue weighted by Crippen LogP contribution is -2.39. The molecule has 4 nitrogen and oxygen atoms in total. The van der Waals surface area contributed by atoms with Gasteiger partial charge in [-0.05, 0) is 31.5 Å². The zero-order valence-electron chi connectivity index (χ0n) is 11.8. The van der Waals surface area contributed by atoms with Crippen molar-refractivity contribution in [2.45, 2.75) is 32.7 Å². The van der Waals surface area contributed by atoms with Crippen molar-refractivity contribution in [1.29, 1.82) is 5.26 Å². The Kier molecular flexibility index (Phi) is 5.87. The first kappa shape index (κ1) is 15.0. The van der Waals surface area contributed by atoms with E-state index >= 15 is 0 Å². The SMILES string of the molecule is CCCC(C)NC(=O)CN(C)c1cccc(C#N)c1. The van der Waals surface area contributed by atoms with Gasteiger partial charge in [0, 0.05) is 18.8 Å². The zero-order valence-corrected chi connectivity index (χ0v) is 11.8. The quantitative estimate of drug-likeness (QED) is 0.852. The summed E-state index contributed by atoms with van der Waals surface area (Å²) in [6.07, 6.45) is 2.04. The molecule has 0 spiro atoms. The van der Waals surface area contributed by atoms with Crippen molar-refractivity contribution in [3.05, 3.63) is 29.8 Å². The van der Waals surface area contributed by atoms with Crippen molar-refractivity contribution < 1.29 is 4.79 Å². The first-order valence-corrected chi connectivity index (χ1v) is 6.57. The van der Waals surface area contributed by atoms with E-state index in [2.05, 4.69) is 18.3 Å². The Bertz CT molecular complexity index is 465. The third-order valence-corrected chi connectivity index (χ3v) is 2.93. The predicted molar refractivity (Wildman–Crippen MR) is 76.9 cm³/mol. The average Bonchev–Trinajstić information content (AvgIpc) is 2.38. The number of hydrogen-bond donors (Lipinski definition) is 1. The van der Waals surface area contributed by atoms with Gasteiger partial charge in [0.25, 0.3) is 0 Å². The van der Waals surface area contributed by atoms with Crippen molar-refractivity contribution >= 4 is 11.6 Å². The summed E-state index contributed by atoms with van der Waals surface area (Å²) in [5.74, 6) is 0.00538. The highest BCUT2D eigenvalue weighted by Crippen LogP contribution is 2.13. The molecule has 0 aliphatic rings. The number of hydrogen-bond acceptors (Lipinski definition) is 3. The van der Waals surface area contributed by atoms with Gasteiger partial charge >= 0.3 is 0 Å². The van der Waals surface area contributed by atoms with Gasteiger partial charge in [0.15, 0.2) is 0 Å². The molecule has 19 heavy (non-hydrogen) atoms. The van der Waals surface area contributed by atoms with Crippen LogP contribution in [0.5, 0.6) is 0 Å². The van der Waals surface area contributed by atoms with Gasteiger partial charge in [0.05, 0.1) is 18.2 Å². The second-order valence-corrected chi connectivity index (χ2v) is 4.78. The molecule has 1 atom stereocenters. The number of carbonyl (C=O) groups is 1. The van der Waals surface area contributed by atoms with Gasteiger partial charge in [0.1, 0.15) is 0 Å². The molecule has 102 valence electrons. The first-order chi connectivity index (χ1) is 9.06. The lowest BCUT2D eigenvalue weighted by molar-refractivity contribution is -0.120. The fourth-order valence-corrected chi connectivity index (χ4v) is 1.95. The van der Waals surface area contributed by atoms with E-state index < -0.39 is 0 Å². The molecule has 0 saturated carbocycles. The molecular formula is C15H21N3O. The number of amides is 1. The van der Waals surface area contributed by atoms with Crippen LogP contribution >= 0.6 is 0 Å². The standard InChI is InChI=1S/C15H21N3O/c1-4-6-12(2)17-15(19)11-18(3)14-8-5-7-13(9-14)10-16/h5,7-9,12H,4,6,11H2,1-3H3,(H,17,19). The van der Waals surface area contributed by atoms with E-state index in [0.29, 0.717) is 12.1 Å². The summed E-state index contributed by atoms with van der Waals surface area (Å²) in [6, 6.07) is 9.55. The van der Waals surface area contributed by atoms with Gasteiger partial charge < -0.3 is 10.2 Å². The lowest BCUT2D eigenvalue weighted by Gasteiger charge is -2.20. The molecule has 4 heteroatoms. The number of nitriles is 1. The first-order valence-electron chi connectivity index (χ1n) is 6.57. The Hall–Kier alpha value is -2.02. The molecule has 0 heterocycles. The molecule has 0 aliphatic heterocycles. The molecule has 0 bridgehead atoms. The maximum atomic E-state index is 11.8. The third-order valence-electron chi connectivity index (χ3n) is 2.93. The zero-order chi connectivity index (χ0) is 14.3. The summed E-state index contributed by atoms with van der Waals surface area (Å²) >= 11 is 0. The van der Waals surface area contributed by atoms with E-state index in [1.54, 1.807) is 12.1 Å². The molecule has 1 aromatic carbocycles. The number of anilines is 1. The Morgan fingerprint density at radius 2 is 2.26 bits per heavy atom. The van der Waals surface area contributed by atoms with Crippen molar-refractivity contribution in [3.8, 4) is 6.07 Å². The van der Waals surface area contributed by atoms with E-state index in [4.69, 9.17) is 5.26 Å². The minimum atomic E-state index is 0.00538. The Balaban J connectivity index is 2.56. The van der Waals surface area contributed by atoms with Crippen LogP contribution in [0.2, 0.25) is 0 Å². The van der Waals surface area contributed by atoms with Crippen LogP contribution in [0, 0.1) is 11.3 Å². The summed E-state index contributed by atoms with van der Waals surface area (Å²) in [5.41, 5.74) is 1.47. The maximum absolute atomic E-state index is 11.8. The summed E-state index contributed by atoms with van der Waals surface area (Å²) in [5, 5.41) is 11.8. The van der Waals surface area contributed by atoms with Crippen LogP contribution in [-0.4, -0.2) is 25.5 Å². The van der Waals surface area contributed by atoms with Crippen LogP contribution in [0.15, 0.2) is 24.3 Å². The number of likely N-dealkylation sites (N-methyl/N-ethyl adjacent to an activating group) is 1. The Morgan fingerprint density at radius 3 is 2.89 bits per heavy atom. The van der Waals surface area contributed by atoms with Crippen LogP contribution in [-0.2, 0) is 4.79 Å². The summed E-state index contributed by atoms with van der Waals surface area (Å²) in [4.78, 5) is 13.7. The van der Waals surface area contributed by atoms with Crippen LogP contribution in [0.25, 0.3) is 0 Å². The average molecular weight is 259 g/mol. The van der Waals surface area contributed by atoms with Gasteiger partial charge in [-0.25, -0.2) is 0 Å². The largest absolute Gasteiger partial charge is 0.365 e. The van der Waals surface area contributed by atoms with Gasteiger partial charge in [-0.15, -0.1) is 0 Å². The fourth-order valence-electron chi connectivity index (χ4n) is 1.95. The number of rotatable bonds is 6. The van der Waals surface area contributed by atoms with E-state index in [1.165, 1.54) is 0 Å². The van der Waals surface area contributed by atoms with E-state index in [0.717, 1.165) is 18.5 Å². The van der Waals surface area contributed by atoms with Crippen molar-refractivity contribution in [2.24, 2.45) is 0 Å². The Labute approximate surface area is 115 Å². The van der Waals surface area contributed by atoms with Gasteiger partial charge in [0.2, 0.25) is 5.91 Å². The number of nitrogens with one attached hydrogen (secondary N) is 1. The minimum absolute atomic E-state index is 0.00538. The minimum Gasteiger partial charge on any atom is -0.365 e. The molecule has 0 fully saturated rings. The fraction of sp³-hybridized carbons (Fsp3) is 0.467. The van der Waals surface area contributed by atoms with Gasteiger partial charge in [-0.3, -0.25) is 4.79 Å². The molecule has 1 N–H and O–H groups in total. The number of benzene rings is 1. The molecule has 1 rings (SSSR count). The molecule has 0 radical (unpaired) electrons.